The second-order valence-corrected chi connectivity index (χ2v) is 11.5. The van der Waals surface area contributed by atoms with Crippen LogP contribution in [0.4, 0.5) is 5.69 Å². The molecule has 256 valence electrons. The van der Waals surface area contributed by atoms with Crippen LogP contribution in [-0.2, 0) is 19.2 Å². The first-order valence-electron chi connectivity index (χ1n) is 14.7. The molecular weight excluding hydrogens is 604 g/mol. The van der Waals surface area contributed by atoms with E-state index in [9.17, 15) is 39.2 Å². The fourth-order valence-corrected chi connectivity index (χ4v) is 4.27. The van der Waals surface area contributed by atoms with Crippen molar-refractivity contribution < 1.29 is 34.1 Å². The zero-order valence-corrected chi connectivity index (χ0v) is 26.4. The summed E-state index contributed by atoms with van der Waals surface area (Å²) in [5.41, 5.74) is 17.1. The number of nitrogens with one attached hydrogen (secondary N) is 5. The third-order valence-electron chi connectivity index (χ3n) is 6.46. The number of hydrogen-bond acceptors (Lipinski definition) is 9. The summed E-state index contributed by atoms with van der Waals surface area (Å²) in [5.74, 6) is -4.33. The molecule has 1 aromatic carbocycles. The number of hydrazone groups is 1. The molecular formula is C28H46N10O8. The lowest BCUT2D eigenvalue weighted by Crippen LogP contribution is -2.58. The number of nitrogens with two attached hydrogens (primary N) is 3. The third kappa shape index (κ3) is 14.7. The summed E-state index contributed by atoms with van der Waals surface area (Å²) in [5, 5.41) is 34.9. The van der Waals surface area contributed by atoms with Crippen LogP contribution in [0.25, 0.3) is 0 Å². The number of primary amides is 1. The van der Waals surface area contributed by atoms with Gasteiger partial charge >= 0.3 is 0 Å². The number of anilines is 1. The largest absolute Gasteiger partial charge is 0.399 e. The number of benzene rings is 1. The van der Waals surface area contributed by atoms with Gasteiger partial charge in [-0.3, -0.25) is 24.0 Å². The maximum atomic E-state index is 13.5. The Morgan fingerprint density at radius 3 is 1.96 bits per heavy atom. The van der Waals surface area contributed by atoms with E-state index in [4.69, 9.17) is 17.2 Å². The van der Waals surface area contributed by atoms with Gasteiger partial charge < -0.3 is 48.9 Å². The van der Waals surface area contributed by atoms with Crippen molar-refractivity contribution in [3.05, 3.63) is 39.9 Å². The lowest BCUT2D eigenvalue weighted by Gasteiger charge is -2.27. The van der Waals surface area contributed by atoms with Gasteiger partial charge in [-0.1, -0.05) is 33.8 Å². The van der Waals surface area contributed by atoms with Gasteiger partial charge in [-0.25, -0.2) is 10.1 Å². The van der Waals surface area contributed by atoms with Crippen LogP contribution in [0.1, 0.15) is 63.7 Å². The fraction of sp³-hybridized carbons (Fsp3) is 0.571. The molecule has 0 radical (unpaired) electrons. The first-order chi connectivity index (χ1) is 21.5. The molecule has 4 atom stereocenters. The lowest BCUT2D eigenvalue weighted by molar-refractivity contribution is -0.485. The van der Waals surface area contributed by atoms with Gasteiger partial charge in [-0.15, -0.1) is 0 Å². The number of guanidine groups is 1. The summed E-state index contributed by atoms with van der Waals surface area (Å²) >= 11 is 0. The van der Waals surface area contributed by atoms with Crippen molar-refractivity contribution in [1.29, 1.82) is 0 Å². The Bertz CT molecular complexity index is 1260. The maximum absolute atomic E-state index is 13.5. The van der Waals surface area contributed by atoms with Gasteiger partial charge in [-0.2, -0.15) is 0 Å². The highest BCUT2D eigenvalue weighted by molar-refractivity contribution is 5.99. The molecule has 0 aromatic heterocycles. The predicted molar refractivity (Wildman–Crippen MR) is 169 cm³/mol. The Hall–Kier alpha value is -5.00. The molecule has 0 unspecified atom stereocenters. The van der Waals surface area contributed by atoms with Gasteiger partial charge in [0.1, 0.15) is 29.3 Å². The monoisotopic (exact) mass is 650 g/mol. The number of aliphatic hydroxyl groups excluding tert-OH is 1. The normalized spacial score (nSPS) is 14.0. The molecule has 18 heteroatoms. The summed E-state index contributed by atoms with van der Waals surface area (Å²) in [4.78, 5) is 75.0. The minimum absolute atomic E-state index is 0.00347. The van der Waals surface area contributed by atoms with Gasteiger partial charge in [0.25, 0.3) is 11.9 Å². The second-order valence-electron chi connectivity index (χ2n) is 11.5. The Morgan fingerprint density at radius 1 is 0.870 bits per heavy atom. The lowest BCUT2D eigenvalue weighted by atomic mass is 10.0. The smallest absolute Gasteiger partial charge is 0.266 e. The van der Waals surface area contributed by atoms with E-state index in [-0.39, 0.29) is 49.6 Å². The van der Waals surface area contributed by atoms with E-state index in [0.29, 0.717) is 5.69 Å². The van der Waals surface area contributed by atoms with Crippen LogP contribution < -0.4 is 43.8 Å². The highest BCUT2D eigenvalue weighted by Crippen LogP contribution is 2.10. The van der Waals surface area contributed by atoms with Crippen molar-refractivity contribution in [3.8, 4) is 0 Å². The number of amides is 5. The molecule has 0 aliphatic rings. The standard InChI is InChI=1S/C28H46N10O8/c1-15(2)11-20(23(30)40)34-25(42)19(9-6-10-32-28(31)37-38(45)46)33-26(43)21(12-16(3)4)35-27(44)22(14-39)36-24(41)17-7-5-8-18(29)13-17/h5,7-8,13,15-16,19-22,39H,6,9-12,14,29H2,1-4H3,(H2,30,40)(H,33,43)(H,34,42)(H,35,44)(H,36,41)(H3,31,32,37)/t19-,20-,21-,22-/m0/s1. The van der Waals surface area contributed by atoms with Crippen LogP contribution >= 0.6 is 0 Å². The number of aliphatic hydroxyl groups is 1. The highest BCUT2D eigenvalue weighted by Gasteiger charge is 2.31. The molecule has 0 heterocycles. The summed E-state index contributed by atoms with van der Waals surface area (Å²) in [7, 11) is 0. The van der Waals surface area contributed by atoms with Crippen molar-refractivity contribution >= 4 is 41.2 Å². The Balaban J connectivity index is 3.13. The summed E-state index contributed by atoms with van der Waals surface area (Å²) in [6.45, 7) is 6.54. The van der Waals surface area contributed by atoms with Gasteiger partial charge in [-0.05, 0) is 55.7 Å². The molecule has 0 spiro atoms. The van der Waals surface area contributed by atoms with Gasteiger partial charge in [0.05, 0.1) is 6.61 Å². The van der Waals surface area contributed by atoms with Crippen molar-refractivity contribution in [2.45, 2.75) is 77.5 Å². The first-order valence-corrected chi connectivity index (χ1v) is 14.7. The van der Waals surface area contributed by atoms with E-state index in [1.807, 2.05) is 13.8 Å². The SMILES string of the molecule is CC(C)C[C@H](NC(=O)[C@H](CCCN/C(N)=N\[N+](=O)[O-])NC(=O)[C@H](CC(C)C)NC(=O)[C@H](CO)NC(=O)c1cccc(N)c1)C(N)=O. The number of rotatable bonds is 19. The molecule has 12 N–H and O–H groups in total. The first kappa shape index (κ1) is 39.0. The summed E-state index contributed by atoms with van der Waals surface area (Å²) < 4.78 is 0. The Labute approximate surface area is 266 Å². The van der Waals surface area contributed by atoms with Gasteiger partial charge in [0.2, 0.25) is 23.6 Å². The van der Waals surface area contributed by atoms with Crippen molar-refractivity contribution in [2.75, 3.05) is 18.9 Å². The molecule has 0 aliphatic carbocycles. The zero-order chi connectivity index (χ0) is 35.0. The molecule has 1 rings (SSSR count). The van der Waals surface area contributed by atoms with Crippen molar-refractivity contribution in [2.24, 2.45) is 28.4 Å². The van der Waals surface area contributed by atoms with E-state index < -0.39 is 71.3 Å². The highest BCUT2D eigenvalue weighted by atomic mass is 16.7. The van der Waals surface area contributed by atoms with E-state index in [1.165, 1.54) is 12.1 Å². The molecule has 5 amide bonds. The van der Waals surface area contributed by atoms with Gasteiger partial charge in [0, 0.05) is 17.8 Å². The minimum Gasteiger partial charge on any atom is -0.399 e. The summed E-state index contributed by atoms with van der Waals surface area (Å²) in [6.07, 6.45) is 0.524. The Morgan fingerprint density at radius 2 is 1.41 bits per heavy atom. The molecule has 0 fully saturated rings. The zero-order valence-electron chi connectivity index (χ0n) is 26.4. The molecule has 18 nitrogen and oxygen atoms in total. The molecule has 0 saturated heterocycles. The molecule has 46 heavy (non-hydrogen) atoms. The second kappa shape index (κ2) is 19.4. The fourth-order valence-electron chi connectivity index (χ4n) is 4.27. The third-order valence-corrected chi connectivity index (χ3v) is 6.46. The molecule has 0 bridgehead atoms. The number of carbonyl (C=O) groups excluding carboxylic acids is 5. The van der Waals surface area contributed by atoms with Crippen LogP contribution in [0.15, 0.2) is 29.4 Å². The number of hydrogen-bond donors (Lipinski definition) is 9. The Kier molecular flexibility index (Phi) is 16.5. The van der Waals surface area contributed by atoms with Crippen LogP contribution in [0, 0.1) is 22.0 Å². The maximum Gasteiger partial charge on any atom is 0.266 e. The molecule has 1 aromatic rings. The molecule has 0 aliphatic heterocycles. The van der Waals surface area contributed by atoms with E-state index in [0.717, 1.165) is 0 Å². The predicted octanol–water partition coefficient (Wildman–Crippen LogP) is -1.73. The van der Waals surface area contributed by atoms with Gasteiger partial charge in [0.15, 0.2) is 5.03 Å². The summed E-state index contributed by atoms with van der Waals surface area (Å²) in [6, 6.07) is 1.14. The van der Waals surface area contributed by atoms with E-state index in [1.54, 1.807) is 26.0 Å². The topological polar surface area (TPSA) is 299 Å². The average molecular weight is 651 g/mol. The van der Waals surface area contributed by atoms with Crippen LogP contribution in [0.3, 0.4) is 0 Å². The van der Waals surface area contributed by atoms with E-state index >= 15 is 0 Å². The van der Waals surface area contributed by atoms with Crippen molar-refractivity contribution in [3.63, 3.8) is 0 Å². The number of nitrogens with zero attached hydrogens (tertiary/aromatic N) is 2. The quantitative estimate of drug-likeness (QED) is 0.0202. The van der Waals surface area contributed by atoms with E-state index in [2.05, 4.69) is 31.7 Å². The average Bonchev–Trinajstić information content (AvgIpc) is 2.95. The number of nitro groups is 1. The number of nitrogen functional groups attached to an aromatic ring is 1. The number of carbonyl (C=O) groups is 5. The van der Waals surface area contributed by atoms with Crippen LogP contribution in [0.2, 0.25) is 0 Å². The van der Waals surface area contributed by atoms with Crippen molar-refractivity contribution in [1.82, 2.24) is 26.6 Å². The van der Waals surface area contributed by atoms with Crippen LogP contribution in [-0.4, -0.2) is 83.0 Å². The molecule has 0 saturated carbocycles. The minimum atomic E-state index is -1.42. The van der Waals surface area contributed by atoms with Crippen LogP contribution in [0.5, 0.6) is 0 Å².